The van der Waals surface area contributed by atoms with Gasteiger partial charge in [-0.05, 0) is 12.1 Å². The molecular weight excluding hydrogens is 256 g/mol. The first-order valence-corrected chi connectivity index (χ1v) is 6.45. The van der Waals surface area contributed by atoms with E-state index in [1.807, 2.05) is 17.5 Å². The second kappa shape index (κ2) is 5.49. The minimum Gasteiger partial charge on any atom is -0.398 e. The molecule has 2 rings (SSSR count). The average Bonchev–Trinajstić information content (AvgIpc) is 2.79. The van der Waals surface area contributed by atoms with Crippen molar-refractivity contribution < 1.29 is 4.74 Å². The summed E-state index contributed by atoms with van der Waals surface area (Å²) in [5.74, 6) is 0. The van der Waals surface area contributed by atoms with E-state index < -0.39 is 0 Å². The molecule has 2 N–H and O–H groups in total. The third-order valence-electron chi connectivity index (χ3n) is 2.36. The summed E-state index contributed by atoms with van der Waals surface area (Å²) in [6.07, 6.45) is 0.838. The number of methoxy groups -OCH3 is 1. The number of nitrogen functional groups attached to an aromatic ring is 1. The molecule has 0 spiro atoms. The minimum atomic E-state index is 0.573. The summed E-state index contributed by atoms with van der Waals surface area (Å²) in [5, 5.41) is 3.66. The van der Waals surface area contributed by atoms with Gasteiger partial charge in [-0.1, -0.05) is 17.7 Å². The SMILES string of the molecule is COCCc1nc(-c2ccc(Cl)c(N)c2)cs1. The highest BCUT2D eigenvalue weighted by atomic mass is 35.5. The number of rotatable bonds is 4. The largest absolute Gasteiger partial charge is 0.398 e. The van der Waals surface area contributed by atoms with E-state index >= 15 is 0 Å². The van der Waals surface area contributed by atoms with Crippen LogP contribution >= 0.6 is 22.9 Å². The quantitative estimate of drug-likeness (QED) is 0.866. The molecular formula is C12H13ClN2OS. The number of ether oxygens (including phenoxy) is 1. The lowest BCUT2D eigenvalue weighted by Gasteiger charge is -2.00. The smallest absolute Gasteiger partial charge is 0.0955 e. The van der Waals surface area contributed by atoms with E-state index in [-0.39, 0.29) is 0 Å². The van der Waals surface area contributed by atoms with Crippen molar-refractivity contribution in [2.24, 2.45) is 0 Å². The molecule has 0 bridgehead atoms. The van der Waals surface area contributed by atoms with E-state index in [1.165, 1.54) is 0 Å². The van der Waals surface area contributed by atoms with Crippen LogP contribution in [0.5, 0.6) is 0 Å². The molecule has 1 heterocycles. The number of hydrogen-bond donors (Lipinski definition) is 1. The summed E-state index contributed by atoms with van der Waals surface area (Å²) in [6, 6.07) is 5.56. The number of aromatic nitrogens is 1. The highest BCUT2D eigenvalue weighted by Crippen LogP contribution is 2.27. The third-order valence-corrected chi connectivity index (χ3v) is 3.62. The highest BCUT2D eigenvalue weighted by Gasteiger charge is 2.06. The van der Waals surface area contributed by atoms with Crippen LogP contribution in [0, 0.1) is 0 Å². The van der Waals surface area contributed by atoms with Gasteiger partial charge < -0.3 is 10.5 Å². The predicted octanol–water partition coefficient (Wildman–Crippen LogP) is 3.23. The van der Waals surface area contributed by atoms with E-state index in [1.54, 1.807) is 24.5 Å². The van der Waals surface area contributed by atoms with Crippen molar-refractivity contribution in [2.45, 2.75) is 6.42 Å². The number of thiazole rings is 1. The summed E-state index contributed by atoms with van der Waals surface area (Å²) in [4.78, 5) is 4.53. The molecule has 5 heteroatoms. The van der Waals surface area contributed by atoms with Crippen molar-refractivity contribution in [2.75, 3.05) is 19.5 Å². The topological polar surface area (TPSA) is 48.1 Å². The molecule has 1 aromatic heterocycles. The number of anilines is 1. The van der Waals surface area contributed by atoms with Crippen LogP contribution < -0.4 is 5.73 Å². The number of nitrogens with two attached hydrogens (primary N) is 1. The average molecular weight is 269 g/mol. The summed E-state index contributed by atoms with van der Waals surface area (Å²) in [7, 11) is 1.69. The van der Waals surface area contributed by atoms with Gasteiger partial charge in [-0.3, -0.25) is 0 Å². The van der Waals surface area contributed by atoms with E-state index in [9.17, 15) is 0 Å². The summed E-state index contributed by atoms with van der Waals surface area (Å²) in [6.45, 7) is 0.690. The second-order valence-corrected chi connectivity index (χ2v) is 4.96. The Balaban J connectivity index is 2.21. The van der Waals surface area contributed by atoms with Gasteiger partial charge in [0.05, 0.1) is 28.0 Å². The van der Waals surface area contributed by atoms with Crippen LogP contribution in [0.4, 0.5) is 5.69 Å². The number of hydrogen-bond acceptors (Lipinski definition) is 4. The van der Waals surface area contributed by atoms with Gasteiger partial charge in [-0.15, -0.1) is 11.3 Å². The molecule has 0 saturated heterocycles. The summed E-state index contributed by atoms with van der Waals surface area (Å²) < 4.78 is 5.02. The van der Waals surface area contributed by atoms with E-state index in [4.69, 9.17) is 22.1 Å². The maximum atomic E-state index is 5.88. The van der Waals surface area contributed by atoms with Crippen molar-refractivity contribution in [3.8, 4) is 11.3 Å². The Morgan fingerprint density at radius 3 is 3.00 bits per heavy atom. The first kappa shape index (κ1) is 12.4. The molecule has 1 aromatic carbocycles. The van der Waals surface area contributed by atoms with Crippen LogP contribution in [0.1, 0.15) is 5.01 Å². The first-order chi connectivity index (χ1) is 8.20. The molecule has 0 aliphatic rings. The maximum Gasteiger partial charge on any atom is 0.0955 e. The molecule has 0 aliphatic carbocycles. The van der Waals surface area contributed by atoms with Gasteiger partial charge in [0.1, 0.15) is 0 Å². The number of nitrogens with zero attached hydrogens (tertiary/aromatic N) is 1. The van der Waals surface area contributed by atoms with E-state index in [2.05, 4.69) is 4.98 Å². The Morgan fingerprint density at radius 1 is 1.47 bits per heavy atom. The second-order valence-electron chi connectivity index (χ2n) is 3.61. The molecule has 0 amide bonds. The Morgan fingerprint density at radius 2 is 2.29 bits per heavy atom. The van der Waals surface area contributed by atoms with Crippen LogP contribution in [0.2, 0.25) is 5.02 Å². The molecule has 0 atom stereocenters. The zero-order valence-electron chi connectivity index (χ0n) is 9.44. The van der Waals surface area contributed by atoms with Crippen LogP contribution in [0.3, 0.4) is 0 Å². The van der Waals surface area contributed by atoms with Crippen molar-refractivity contribution in [3.05, 3.63) is 33.6 Å². The lowest BCUT2D eigenvalue weighted by molar-refractivity contribution is 0.202. The van der Waals surface area contributed by atoms with Crippen molar-refractivity contribution >= 4 is 28.6 Å². The molecule has 3 nitrogen and oxygen atoms in total. The zero-order valence-corrected chi connectivity index (χ0v) is 11.0. The van der Waals surface area contributed by atoms with Gasteiger partial charge in [0.15, 0.2) is 0 Å². The van der Waals surface area contributed by atoms with Gasteiger partial charge in [-0.25, -0.2) is 4.98 Å². The zero-order chi connectivity index (χ0) is 12.3. The lowest BCUT2D eigenvalue weighted by Crippen LogP contribution is -1.93. The van der Waals surface area contributed by atoms with Gasteiger partial charge in [0.25, 0.3) is 0 Å². The van der Waals surface area contributed by atoms with Crippen LogP contribution in [-0.4, -0.2) is 18.7 Å². The number of halogens is 1. The maximum absolute atomic E-state index is 5.88. The molecule has 0 radical (unpaired) electrons. The van der Waals surface area contributed by atoms with E-state index in [0.29, 0.717) is 17.3 Å². The van der Waals surface area contributed by atoms with Gasteiger partial charge in [-0.2, -0.15) is 0 Å². The third kappa shape index (κ3) is 2.97. The fourth-order valence-corrected chi connectivity index (χ4v) is 2.36. The molecule has 0 fully saturated rings. The van der Waals surface area contributed by atoms with E-state index in [0.717, 1.165) is 22.7 Å². The Labute approximate surface area is 109 Å². The monoisotopic (exact) mass is 268 g/mol. The Kier molecular flexibility index (Phi) is 3.99. The predicted molar refractivity (Wildman–Crippen MR) is 72.6 cm³/mol. The molecule has 0 unspecified atom stereocenters. The Bertz CT molecular complexity index is 513. The highest BCUT2D eigenvalue weighted by molar-refractivity contribution is 7.09. The van der Waals surface area contributed by atoms with Gasteiger partial charge in [0.2, 0.25) is 0 Å². The molecule has 0 aliphatic heterocycles. The normalized spacial score (nSPS) is 10.7. The van der Waals surface area contributed by atoms with Crippen molar-refractivity contribution in [1.82, 2.24) is 4.98 Å². The fraction of sp³-hybridized carbons (Fsp3) is 0.250. The summed E-state index contributed by atoms with van der Waals surface area (Å²) >= 11 is 7.51. The van der Waals surface area contributed by atoms with Crippen LogP contribution in [0.15, 0.2) is 23.6 Å². The minimum absolute atomic E-state index is 0.573. The first-order valence-electron chi connectivity index (χ1n) is 5.19. The van der Waals surface area contributed by atoms with Crippen LogP contribution in [0.25, 0.3) is 11.3 Å². The molecule has 2 aromatic rings. The van der Waals surface area contributed by atoms with Crippen molar-refractivity contribution in [3.63, 3.8) is 0 Å². The number of benzene rings is 1. The molecule has 0 saturated carbocycles. The van der Waals surface area contributed by atoms with Crippen LogP contribution in [-0.2, 0) is 11.2 Å². The standard InChI is InChI=1S/C12H13ClN2OS/c1-16-5-4-12-15-11(7-17-12)8-2-3-9(13)10(14)6-8/h2-3,6-7H,4-5,14H2,1H3. The molecule has 90 valence electrons. The van der Waals surface area contributed by atoms with Gasteiger partial charge >= 0.3 is 0 Å². The molecule has 17 heavy (non-hydrogen) atoms. The lowest BCUT2D eigenvalue weighted by atomic mass is 10.1. The van der Waals surface area contributed by atoms with Crippen molar-refractivity contribution in [1.29, 1.82) is 0 Å². The fourth-order valence-electron chi connectivity index (χ4n) is 1.45. The van der Waals surface area contributed by atoms with Gasteiger partial charge in [0, 0.05) is 24.5 Å². The summed E-state index contributed by atoms with van der Waals surface area (Å²) in [5.41, 5.74) is 8.28. The Hall–Kier alpha value is -1.10.